The number of aliphatic imine (C=N–C) groups is 1. The van der Waals surface area contributed by atoms with Crippen LogP contribution in [0.3, 0.4) is 0 Å². The molecule has 126 valence electrons. The van der Waals surface area contributed by atoms with Crippen molar-refractivity contribution in [3.63, 3.8) is 0 Å². The van der Waals surface area contributed by atoms with Crippen LogP contribution in [0.15, 0.2) is 53.5 Å². The van der Waals surface area contributed by atoms with E-state index < -0.39 is 29.2 Å². The number of hydrogen-bond donors (Lipinski definition) is 2. The molecule has 1 amide bonds. The van der Waals surface area contributed by atoms with Crippen molar-refractivity contribution in [1.82, 2.24) is 0 Å². The molecule has 0 bridgehead atoms. The maximum absolute atomic E-state index is 13.2. The Morgan fingerprint density at radius 2 is 1.75 bits per heavy atom. The Hall–Kier alpha value is -3.03. The maximum atomic E-state index is 13.2. The van der Waals surface area contributed by atoms with E-state index in [4.69, 9.17) is 16.2 Å². The molecule has 0 fully saturated rings. The Morgan fingerprint density at radius 1 is 1.08 bits per heavy atom. The SMILES string of the molecule is NC(N)=NC(=O)c1ccc(OCc2ccccc2)cc1C(F)(F)F. The average molecular weight is 337 g/mol. The molecule has 8 heteroatoms. The van der Waals surface area contributed by atoms with Crippen molar-refractivity contribution in [1.29, 1.82) is 0 Å². The van der Waals surface area contributed by atoms with Crippen molar-refractivity contribution in [3.8, 4) is 5.75 Å². The van der Waals surface area contributed by atoms with Crippen LogP contribution in [0.25, 0.3) is 0 Å². The van der Waals surface area contributed by atoms with Gasteiger partial charge in [0.25, 0.3) is 5.91 Å². The third-order valence-corrected chi connectivity index (χ3v) is 3.01. The van der Waals surface area contributed by atoms with Crippen LogP contribution >= 0.6 is 0 Å². The number of nitrogens with zero attached hydrogens (tertiary/aromatic N) is 1. The Balaban J connectivity index is 2.29. The lowest BCUT2D eigenvalue weighted by Crippen LogP contribution is -2.25. The first-order valence-electron chi connectivity index (χ1n) is 6.79. The normalized spacial score (nSPS) is 11.0. The molecule has 5 nitrogen and oxygen atoms in total. The molecule has 0 saturated carbocycles. The highest BCUT2D eigenvalue weighted by Gasteiger charge is 2.35. The number of carbonyl (C=O) groups is 1. The second-order valence-corrected chi connectivity index (χ2v) is 4.82. The predicted octanol–water partition coefficient (Wildman–Crippen LogP) is 2.70. The second kappa shape index (κ2) is 7.03. The number of ether oxygens (including phenoxy) is 1. The Bertz CT molecular complexity index is 755. The molecule has 4 N–H and O–H groups in total. The van der Waals surface area contributed by atoms with Crippen LogP contribution in [0.1, 0.15) is 21.5 Å². The lowest BCUT2D eigenvalue weighted by atomic mass is 10.1. The Labute approximate surface area is 135 Å². The molecule has 0 aliphatic carbocycles. The molecule has 0 aliphatic heterocycles. The van der Waals surface area contributed by atoms with Crippen LogP contribution < -0.4 is 16.2 Å². The molecule has 0 heterocycles. The Morgan fingerprint density at radius 3 is 2.33 bits per heavy atom. The minimum atomic E-state index is -4.75. The monoisotopic (exact) mass is 337 g/mol. The second-order valence-electron chi connectivity index (χ2n) is 4.82. The number of rotatable bonds is 4. The topological polar surface area (TPSA) is 90.7 Å². The van der Waals surface area contributed by atoms with E-state index in [0.29, 0.717) is 0 Å². The predicted molar refractivity (Wildman–Crippen MR) is 82.4 cm³/mol. The van der Waals surface area contributed by atoms with Crippen molar-refractivity contribution in [2.45, 2.75) is 12.8 Å². The van der Waals surface area contributed by atoms with Gasteiger partial charge in [0.2, 0.25) is 0 Å². The first kappa shape index (κ1) is 17.3. The zero-order chi connectivity index (χ0) is 17.7. The van der Waals surface area contributed by atoms with Gasteiger partial charge in [0.15, 0.2) is 5.96 Å². The summed E-state index contributed by atoms with van der Waals surface area (Å²) < 4.78 is 44.9. The summed E-state index contributed by atoms with van der Waals surface area (Å²) in [5.41, 5.74) is 9.05. The lowest BCUT2D eigenvalue weighted by Gasteiger charge is -2.13. The highest BCUT2D eigenvalue weighted by atomic mass is 19.4. The van der Waals surface area contributed by atoms with Gasteiger partial charge < -0.3 is 16.2 Å². The van der Waals surface area contributed by atoms with Crippen molar-refractivity contribution in [3.05, 3.63) is 65.2 Å². The zero-order valence-corrected chi connectivity index (χ0v) is 12.4. The molecule has 0 radical (unpaired) electrons. The summed E-state index contributed by atoms with van der Waals surface area (Å²) in [6, 6.07) is 11.9. The third-order valence-electron chi connectivity index (χ3n) is 3.01. The van der Waals surface area contributed by atoms with Gasteiger partial charge in [-0.1, -0.05) is 30.3 Å². The molecule has 0 aliphatic rings. The van der Waals surface area contributed by atoms with Crippen molar-refractivity contribution in [2.24, 2.45) is 16.5 Å². The van der Waals surface area contributed by atoms with E-state index >= 15 is 0 Å². The zero-order valence-electron chi connectivity index (χ0n) is 12.4. The number of amides is 1. The average Bonchev–Trinajstić information content (AvgIpc) is 2.52. The van der Waals surface area contributed by atoms with Gasteiger partial charge in [0.05, 0.1) is 11.1 Å². The minimum absolute atomic E-state index is 0.0209. The van der Waals surface area contributed by atoms with Crippen LogP contribution in [0.5, 0.6) is 5.75 Å². The number of benzene rings is 2. The van der Waals surface area contributed by atoms with E-state index in [2.05, 4.69) is 4.99 Å². The van der Waals surface area contributed by atoms with Gasteiger partial charge in [-0.25, -0.2) is 0 Å². The van der Waals surface area contributed by atoms with Crippen molar-refractivity contribution >= 4 is 11.9 Å². The summed E-state index contributed by atoms with van der Waals surface area (Å²) in [6.07, 6.45) is -4.75. The molecule has 0 spiro atoms. The fraction of sp³-hybridized carbons (Fsp3) is 0.125. The van der Waals surface area contributed by atoms with Crippen LogP contribution in [0.2, 0.25) is 0 Å². The molecule has 0 unspecified atom stereocenters. The molecule has 2 aromatic rings. The van der Waals surface area contributed by atoms with E-state index in [1.807, 2.05) is 6.07 Å². The summed E-state index contributed by atoms with van der Waals surface area (Å²) in [5.74, 6) is -1.80. The van der Waals surface area contributed by atoms with Crippen LogP contribution in [0, 0.1) is 0 Å². The lowest BCUT2D eigenvalue weighted by molar-refractivity contribution is -0.138. The van der Waals surface area contributed by atoms with Gasteiger partial charge in [-0.15, -0.1) is 0 Å². The number of nitrogens with two attached hydrogens (primary N) is 2. The molecule has 0 atom stereocenters. The van der Waals surface area contributed by atoms with E-state index in [1.54, 1.807) is 24.3 Å². The highest BCUT2D eigenvalue weighted by molar-refractivity contribution is 6.03. The first-order chi connectivity index (χ1) is 11.3. The molecule has 2 rings (SSSR count). The summed E-state index contributed by atoms with van der Waals surface area (Å²) in [6.45, 7) is 0.0966. The fourth-order valence-corrected chi connectivity index (χ4v) is 1.95. The van der Waals surface area contributed by atoms with Gasteiger partial charge in [0.1, 0.15) is 12.4 Å². The molecular formula is C16H14F3N3O2. The van der Waals surface area contributed by atoms with Gasteiger partial charge >= 0.3 is 6.18 Å². The van der Waals surface area contributed by atoms with E-state index in [1.165, 1.54) is 6.07 Å². The number of halogens is 3. The quantitative estimate of drug-likeness (QED) is 0.663. The molecule has 2 aromatic carbocycles. The summed E-state index contributed by atoms with van der Waals surface area (Å²) in [5, 5.41) is 0. The standard InChI is InChI=1S/C16H14F3N3O2/c17-16(18,19)13-8-11(24-9-10-4-2-1-3-5-10)6-7-12(13)14(23)22-15(20)21/h1-8H,9H2,(H4,20,21,22,23). The number of carbonyl (C=O) groups excluding carboxylic acids is 1. The highest BCUT2D eigenvalue weighted by Crippen LogP contribution is 2.35. The Kier molecular flexibility index (Phi) is 5.08. The van der Waals surface area contributed by atoms with Gasteiger partial charge in [-0.2, -0.15) is 18.2 Å². The minimum Gasteiger partial charge on any atom is -0.489 e. The summed E-state index contributed by atoms with van der Waals surface area (Å²) in [4.78, 5) is 14.9. The van der Waals surface area contributed by atoms with Crippen LogP contribution in [-0.4, -0.2) is 11.9 Å². The van der Waals surface area contributed by atoms with Crippen molar-refractivity contribution in [2.75, 3.05) is 0 Å². The number of hydrogen-bond acceptors (Lipinski definition) is 2. The van der Waals surface area contributed by atoms with Gasteiger partial charge in [0, 0.05) is 0 Å². The molecular weight excluding hydrogens is 323 g/mol. The molecule has 0 saturated heterocycles. The molecule has 24 heavy (non-hydrogen) atoms. The van der Waals surface area contributed by atoms with Gasteiger partial charge in [-0.3, -0.25) is 4.79 Å². The van der Waals surface area contributed by atoms with E-state index in [0.717, 1.165) is 17.7 Å². The van der Waals surface area contributed by atoms with Crippen LogP contribution in [0.4, 0.5) is 13.2 Å². The maximum Gasteiger partial charge on any atom is 0.417 e. The largest absolute Gasteiger partial charge is 0.489 e. The summed E-state index contributed by atoms with van der Waals surface area (Å²) >= 11 is 0. The molecule has 0 aromatic heterocycles. The number of alkyl halides is 3. The third kappa shape index (κ3) is 4.48. The summed E-state index contributed by atoms with van der Waals surface area (Å²) in [7, 11) is 0. The number of guanidine groups is 1. The van der Waals surface area contributed by atoms with E-state index in [9.17, 15) is 18.0 Å². The smallest absolute Gasteiger partial charge is 0.417 e. The first-order valence-corrected chi connectivity index (χ1v) is 6.79. The van der Waals surface area contributed by atoms with E-state index in [-0.39, 0.29) is 12.4 Å². The fourth-order valence-electron chi connectivity index (χ4n) is 1.95. The van der Waals surface area contributed by atoms with Crippen molar-refractivity contribution < 1.29 is 22.7 Å². The van der Waals surface area contributed by atoms with Crippen LogP contribution in [-0.2, 0) is 12.8 Å². The van der Waals surface area contributed by atoms with Gasteiger partial charge in [-0.05, 0) is 23.8 Å².